The Morgan fingerprint density at radius 3 is 2.50 bits per heavy atom. The molecule has 1 heterocycles. The van der Waals surface area contributed by atoms with Crippen molar-refractivity contribution in [1.82, 2.24) is 5.32 Å². The summed E-state index contributed by atoms with van der Waals surface area (Å²) in [7, 11) is 0. The topological polar surface area (TPSA) is 12.0 Å². The van der Waals surface area contributed by atoms with Gasteiger partial charge < -0.3 is 5.32 Å². The molecule has 0 spiro atoms. The van der Waals surface area contributed by atoms with E-state index in [1.54, 1.807) is 5.57 Å². The minimum atomic E-state index is 1.03. The van der Waals surface area contributed by atoms with Crippen molar-refractivity contribution >= 4 is 5.57 Å². The molecule has 0 aliphatic carbocycles. The summed E-state index contributed by atoms with van der Waals surface area (Å²) in [6.45, 7) is 6.68. The lowest BCUT2D eigenvalue weighted by Crippen LogP contribution is -2.23. The Hall–Kier alpha value is -1.86. The van der Waals surface area contributed by atoms with Crippen LogP contribution >= 0.6 is 0 Å². The van der Waals surface area contributed by atoms with Gasteiger partial charge in [0.15, 0.2) is 0 Å². The van der Waals surface area contributed by atoms with E-state index in [1.165, 1.54) is 27.8 Å². The zero-order valence-corrected chi connectivity index (χ0v) is 13.7. The molecule has 0 unspecified atom stereocenters. The van der Waals surface area contributed by atoms with E-state index in [9.17, 15) is 0 Å². The summed E-state index contributed by atoms with van der Waals surface area (Å²) in [5, 5.41) is 3.46. The van der Waals surface area contributed by atoms with Gasteiger partial charge in [-0.2, -0.15) is 0 Å². The van der Waals surface area contributed by atoms with Gasteiger partial charge in [0.25, 0.3) is 0 Å². The van der Waals surface area contributed by atoms with Gasteiger partial charge in [-0.15, -0.1) is 0 Å². The van der Waals surface area contributed by atoms with Crippen molar-refractivity contribution in [3.8, 4) is 0 Å². The second kappa shape index (κ2) is 6.93. The van der Waals surface area contributed by atoms with Gasteiger partial charge in [-0.3, -0.25) is 0 Å². The van der Waals surface area contributed by atoms with E-state index in [0.29, 0.717) is 0 Å². The highest BCUT2D eigenvalue weighted by molar-refractivity contribution is 5.72. The van der Waals surface area contributed by atoms with Crippen molar-refractivity contribution in [1.29, 1.82) is 0 Å². The Bertz CT molecular complexity index is 668. The van der Waals surface area contributed by atoms with Crippen LogP contribution in [0.5, 0.6) is 0 Å². The van der Waals surface area contributed by atoms with Gasteiger partial charge >= 0.3 is 0 Å². The van der Waals surface area contributed by atoms with Crippen LogP contribution in [-0.4, -0.2) is 13.1 Å². The van der Waals surface area contributed by atoms with Crippen LogP contribution in [0.1, 0.15) is 35.6 Å². The molecule has 2 aromatic rings. The van der Waals surface area contributed by atoms with E-state index in [0.717, 1.165) is 32.4 Å². The van der Waals surface area contributed by atoms with Gasteiger partial charge in [0, 0.05) is 6.54 Å². The first-order valence-corrected chi connectivity index (χ1v) is 8.28. The second-order valence-electron chi connectivity index (χ2n) is 6.26. The lowest BCUT2D eigenvalue weighted by atomic mass is 9.88. The van der Waals surface area contributed by atoms with Crippen LogP contribution in [0.25, 0.3) is 5.57 Å². The van der Waals surface area contributed by atoms with Crippen LogP contribution in [0.4, 0.5) is 0 Å². The molecular weight excluding hydrogens is 266 g/mol. The molecule has 0 saturated carbocycles. The largest absolute Gasteiger partial charge is 0.313 e. The molecule has 1 aliphatic rings. The summed E-state index contributed by atoms with van der Waals surface area (Å²) in [5.74, 6) is 0. The van der Waals surface area contributed by atoms with Crippen molar-refractivity contribution in [3.63, 3.8) is 0 Å². The number of rotatable bonds is 4. The Kier molecular flexibility index (Phi) is 4.74. The summed E-state index contributed by atoms with van der Waals surface area (Å²) in [6.07, 6.45) is 3.38. The van der Waals surface area contributed by atoms with Gasteiger partial charge in [-0.25, -0.2) is 0 Å². The van der Waals surface area contributed by atoms with Crippen molar-refractivity contribution in [2.75, 3.05) is 13.1 Å². The Balaban J connectivity index is 1.83. The number of nitrogens with one attached hydrogen (secondary N) is 1. The van der Waals surface area contributed by atoms with E-state index in [4.69, 9.17) is 0 Å². The van der Waals surface area contributed by atoms with Crippen LogP contribution in [0.15, 0.2) is 54.1 Å². The van der Waals surface area contributed by atoms with E-state index in [-0.39, 0.29) is 0 Å². The normalized spacial score (nSPS) is 15.2. The third kappa shape index (κ3) is 3.31. The van der Waals surface area contributed by atoms with E-state index in [1.807, 2.05) is 0 Å². The fraction of sp³-hybridized carbons (Fsp3) is 0.333. The number of hydrogen-bond donors (Lipinski definition) is 1. The lowest BCUT2D eigenvalue weighted by Gasteiger charge is -2.22. The third-order valence-electron chi connectivity index (χ3n) is 4.75. The molecule has 1 nitrogen and oxygen atoms in total. The van der Waals surface area contributed by atoms with Crippen molar-refractivity contribution in [2.24, 2.45) is 0 Å². The maximum Gasteiger partial charge on any atom is 0.0168 e. The lowest BCUT2D eigenvalue weighted by molar-refractivity contribution is 0.713. The standard InChI is InChI=1S/C21H25N/c1-16-15-22-14-13-20(16)21-10-6-9-19(17(21)2)12-11-18-7-4-3-5-8-18/h3-10,22H,11-15H2,1-2H3. The molecular formula is C21H25N. The third-order valence-corrected chi connectivity index (χ3v) is 4.75. The fourth-order valence-corrected chi connectivity index (χ4v) is 3.38. The molecule has 1 aliphatic heterocycles. The monoisotopic (exact) mass is 291 g/mol. The molecule has 2 aromatic carbocycles. The SMILES string of the molecule is CC1=C(c2cccc(CCc3ccccc3)c2C)CCNC1. The highest BCUT2D eigenvalue weighted by atomic mass is 14.9. The summed E-state index contributed by atoms with van der Waals surface area (Å²) >= 11 is 0. The van der Waals surface area contributed by atoms with Crippen LogP contribution in [0, 0.1) is 6.92 Å². The quantitative estimate of drug-likeness (QED) is 0.871. The smallest absolute Gasteiger partial charge is 0.0168 e. The minimum absolute atomic E-state index is 1.03. The molecule has 0 atom stereocenters. The first kappa shape index (κ1) is 15.1. The molecule has 0 aromatic heterocycles. The van der Waals surface area contributed by atoms with Crippen LogP contribution in [0.2, 0.25) is 0 Å². The van der Waals surface area contributed by atoms with E-state index < -0.39 is 0 Å². The van der Waals surface area contributed by atoms with Gasteiger partial charge in [0.05, 0.1) is 0 Å². The first-order chi connectivity index (χ1) is 10.8. The summed E-state index contributed by atoms with van der Waals surface area (Å²) in [5.41, 5.74) is 8.89. The van der Waals surface area contributed by atoms with Crippen molar-refractivity contribution in [2.45, 2.75) is 33.1 Å². The zero-order valence-electron chi connectivity index (χ0n) is 13.7. The second-order valence-corrected chi connectivity index (χ2v) is 6.26. The Morgan fingerprint density at radius 1 is 0.909 bits per heavy atom. The van der Waals surface area contributed by atoms with Gasteiger partial charge in [-0.1, -0.05) is 54.1 Å². The number of benzene rings is 2. The van der Waals surface area contributed by atoms with Crippen molar-refractivity contribution < 1.29 is 0 Å². The molecule has 3 rings (SSSR count). The predicted molar refractivity (Wildman–Crippen MR) is 95.1 cm³/mol. The number of hydrogen-bond acceptors (Lipinski definition) is 1. The van der Waals surface area contributed by atoms with Crippen LogP contribution in [-0.2, 0) is 12.8 Å². The molecule has 0 fully saturated rings. The summed E-state index contributed by atoms with van der Waals surface area (Å²) in [4.78, 5) is 0. The van der Waals surface area contributed by atoms with Gasteiger partial charge in [-0.05, 0) is 67.5 Å². The van der Waals surface area contributed by atoms with Gasteiger partial charge in [0.1, 0.15) is 0 Å². The molecule has 0 amide bonds. The summed E-state index contributed by atoms with van der Waals surface area (Å²) < 4.78 is 0. The molecule has 0 bridgehead atoms. The maximum atomic E-state index is 3.46. The predicted octanol–water partition coefficient (Wildman–Crippen LogP) is 4.55. The van der Waals surface area contributed by atoms with E-state index >= 15 is 0 Å². The fourth-order valence-electron chi connectivity index (χ4n) is 3.38. The molecule has 114 valence electrons. The summed E-state index contributed by atoms with van der Waals surface area (Å²) in [6, 6.07) is 17.6. The van der Waals surface area contributed by atoms with Crippen molar-refractivity contribution in [3.05, 3.63) is 76.4 Å². The minimum Gasteiger partial charge on any atom is -0.313 e. The first-order valence-electron chi connectivity index (χ1n) is 8.28. The molecule has 0 saturated heterocycles. The molecule has 1 N–H and O–H groups in total. The molecule has 22 heavy (non-hydrogen) atoms. The highest BCUT2D eigenvalue weighted by Crippen LogP contribution is 2.29. The highest BCUT2D eigenvalue weighted by Gasteiger charge is 2.14. The zero-order chi connectivity index (χ0) is 15.4. The Morgan fingerprint density at radius 2 is 1.73 bits per heavy atom. The average Bonchev–Trinajstić information content (AvgIpc) is 2.56. The number of aryl methyl sites for hydroxylation is 2. The van der Waals surface area contributed by atoms with Gasteiger partial charge in [0.2, 0.25) is 0 Å². The Labute approximate surface area is 134 Å². The molecule has 0 radical (unpaired) electrons. The van der Waals surface area contributed by atoms with Crippen LogP contribution < -0.4 is 5.32 Å². The average molecular weight is 291 g/mol. The molecule has 1 heteroatoms. The van der Waals surface area contributed by atoms with Crippen LogP contribution in [0.3, 0.4) is 0 Å². The maximum absolute atomic E-state index is 3.46. The van der Waals surface area contributed by atoms with E-state index in [2.05, 4.69) is 67.7 Å².